The highest BCUT2D eigenvalue weighted by Gasteiger charge is 2.30. The van der Waals surface area contributed by atoms with E-state index in [-0.39, 0.29) is 35.3 Å². The molecular formula is C16H16O5. The molecule has 5 nitrogen and oxygen atoms in total. The molecule has 5 heteroatoms. The normalized spacial score (nSPS) is 21.0. The smallest absolute Gasteiger partial charge is 0.157 e. The first-order valence-electron chi connectivity index (χ1n) is 6.69. The van der Waals surface area contributed by atoms with Crippen molar-refractivity contribution in [3.8, 4) is 23.0 Å². The fourth-order valence-electron chi connectivity index (χ4n) is 2.95. The molecule has 0 saturated carbocycles. The lowest BCUT2D eigenvalue weighted by atomic mass is 9.77. The molecule has 21 heavy (non-hydrogen) atoms. The van der Waals surface area contributed by atoms with E-state index in [2.05, 4.69) is 0 Å². The molecule has 1 aliphatic carbocycles. The van der Waals surface area contributed by atoms with Gasteiger partial charge in [0, 0.05) is 18.4 Å². The second-order valence-corrected chi connectivity index (χ2v) is 5.43. The van der Waals surface area contributed by atoms with Crippen LogP contribution >= 0.6 is 0 Å². The molecule has 2 aromatic carbocycles. The summed E-state index contributed by atoms with van der Waals surface area (Å²) >= 11 is 0. The van der Waals surface area contributed by atoms with Crippen molar-refractivity contribution in [2.24, 2.45) is 0 Å². The fraction of sp³-hybridized carbons (Fsp3) is 0.250. The SMILES string of the molecule is Oc1cc(O)c2c(c1)CC(c1ccc(O)c(O)c1)C(O)C2. The molecular weight excluding hydrogens is 272 g/mol. The zero-order chi connectivity index (χ0) is 15.1. The predicted octanol–water partition coefficient (Wildman–Crippen LogP) is 1.75. The predicted molar refractivity (Wildman–Crippen MR) is 75.7 cm³/mol. The average molecular weight is 288 g/mol. The van der Waals surface area contributed by atoms with Crippen molar-refractivity contribution < 1.29 is 25.5 Å². The number of phenolic OH excluding ortho intramolecular Hbond substituents is 4. The van der Waals surface area contributed by atoms with Crippen LogP contribution in [0.4, 0.5) is 0 Å². The zero-order valence-electron chi connectivity index (χ0n) is 11.2. The maximum Gasteiger partial charge on any atom is 0.157 e. The third-order valence-corrected chi connectivity index (χ3v) is 4.05. The summed E-state index contributed by atoms with van der Waals surface area (Å²) in [5.41, 5.74) is 2.11. The molecule has 2 unspecified atom stereocenters. The Bertz CT molecular complexity index is 695. The molecule has 0 saturated heterocycles. The lowest BCUT2D eigenvalue weighted by Crippen LogP contribution is -2.28. The summed E-state index contributed by atoms with van der Waals surface area (Å²) in [5.74, 6) is -0.750. The first-order valence-corrected chi connectivity index (χ1v) is 6.69. The molecule has 0 fully saturated rings. The van der Waals surface area contributed by atoms with Crippen LogP contribution < -0.4 is 0 Å². The van der Waals surface area contributed by atoms with Crippen molar-refractivity contribution in [3.63, 3.8) is 0 Å². The third-order valence-electron chi connectivity index (χ3n) is 4.05. The first kappa shape index (κ1) is 13.6. The topological polar surface area (TPSA) is 101 Å². The van der Waals surface area contributed by atoms with E-state index < -0.39 is 6.10 Å². The van der Waals surface area contributed by atoms with E-state index in [0.29, 0.717) is 17.5 Å². The molecule has 0 aliphatic heterocycles. The Kier molecular flexibility index (Phi) is 3.14. The third kappa shape index (κ3) is 2.36. The standard InChI is InChI=1S/C16H16O5/c17-10-3-9-4-11(8-1-2-13(18)16(21)5-8)15(20)7-12(9)14(19)6-10/h1-3,5-6,11,15,17-21H,4,7H2. The number of benzene rings is 2. The van der Waals surface area contributed by atoms with Crippen LogP contribution in [0.1, 0.15) is 22.6 Å². The lowest BCUT2D eigenvalue weighted by molar-refractivity contribution is 0.134. The van der Waals surface area contributed by atoms with E-state index in [1.54, 1.807) is 12.1 Å². The molecule has 110 valence electrons. The highest BCUT2D eigenvalue weighted by atomic mass is 16.3. The van der Waals surface area contributed by atoms with Crippen LogP contribution in [0, 0.1) is 0 Å². The maximum atomic E-state index is 10.3. The van der Waals surface area contributed by atoms with Gasteiger partial charge >= 0.3 is 0 Å². The van der Waals surface area contributed by atoms with Gasteiger partial charge < -0.3 is 25.5 Å². The Morgan fingerprint density at radius 1 is 0.810 bits per heavy atom. The molecule has 0 bridgehead atoms. The number of rotatable bonds is 1. The molecule has 2 atom stereocenters. The van der Waals surface area contributed by atoms with Gasteiger partial charge in [-0.3, -0.25) is 0 Å². The minimum Gasteiger partial charge on any atom is -0.508 e. The van der Waals surface area contributed by atoms with Gasteiger partial charge in [0.1, 0.15) is 11.5 Å². The van der Waals surface area contributed by atoms with Crippen LogP contribution in [0.2, 0.25) is 0 Å². The summed E-state index contributed by atoms with van der Waals surface area (Å²) in [7, 11) is 0. The molecule has 0 spiro atoms. The lowest BCUT2D eigenvalue weighted by Gasteiger charge is -2.30. The van der Waals surface area contributed by atoms with Gasteiger partial charge in [-0.15, -0.1) is 0 Å². The Labute approximate surface area is 121 Å². The quantitative estimate of drug-likeness (QED) is 0.515. The second-order valence-electron chi connectivity index (χ2n) is 5.43. The van der Waals surface area contributed by atoms with Gasteiger partial charge in [-0.25, -0.2) is 0 Å². The minimum absolute atomic E-state index is 0.0175. The molecule has 1 aliphatic rings. The van der Waals surface area contributed by atoms with Crippen LogP contribution in [-0.2, 0) is 12.8 Å². The number of aliphatic hydroxyl groups is 1. The van der Waals surface area contributed by atoms with Crippen LogP contribution in [-0.4, -0.2) is 31.6 Å². The number of aromatic hydroxyl groups is 4. The van der Waals surface area contributed by atoms with Gasteiger partial charge in [0.2, 0.25) is 0 Å². The van der Waals surface area contributed by atoms with Crippen LogP contribution in [0.5, 0.6) is 23.0 Å². The highest BCUT2D eigenvalue weighted by Crippen LogP contribution is 2.40. The molecule has 0 radical (unpaired) electrons. The Morgan fingerprint density at radius 3 is 2.29 bits per heavy atom. The van der Waals surface area contributed by atoms with Crippen LogP contribution in [0.25, 0.3) is 0 Å². The molecule has 0 aromatic heterocycles. The number of phenols is 4. The van der Waals surface area contributed by atoms with Gasteiger partial charge in [0.05, 0.1) is 6.10 Å². The number of hydrogen-bond donors (Lipinski definition) is 5. The largest absolute Gasteiger partial charge is 0.508 e. The molecule has 3 rings (SSSR count). The van der Waals surface area contributed by atoms with E-state index in [0.717, 1.165) is 5.56 Å². The van der Waals surface area contributed by atoms with Crippen molar-refractivity contribution in [1.29, 1.82) is 0 Å². The van der Waals surface area contributed by atoms with E-state index in [9.17, 15) is 25.5 Å². The van der Waals surface area contributed by atoms with Gasteiger partial charge in [-0.05, 0) is 41.3 Å². The van der Waals surface area contributed by atoms with Crippen LogP contribution in [0.15, 0.2) is 30.3 Å². The minimum atomic E-state index is -0.711. The molecule has 0 amide bonds. The average Bonchev–Trinajstić information content (AvgIpc) is 2.42. The molecule has 5 N–H and O–H groups in total. The monoisotopic (exact) mass is 288 g/mol. The van der Waals surface area contributed by atoms with Gasteiger partial charge in [-0.2, -0.15) is 0 Å². The van der Waals surface area contributed by atoms with Crippen LogP contribution in [0.3, 0.4) is 0 Å². The molecule has 0 heterocycles. The first-order chi connectivity index (χ1) is 9.95. The van der Waals surface area contributed by atoms with Crippen molar-refractivity contribution in [2.75, 3.05) is 0 Å². The number of fused-ring (bicyclic) bond motifs is 1. The Hall–Kier alpha value is -2.40. The van der Waals surface area contributed by atoms with Crippen molar-refractivity contribution in [3.05, 3.63) is 47.0 Å². The summed E-state index contributed by atoms with van der Waals surface area (Å²) in [5, 5.41) is 48.7. The number of hydrogen-bond acceptors (Lipinski definition) is 5. The summed E-state index contributed by atoms with van der Waals surface area (Å²) in [6.45, 7) is 0. The second kappa shape index (κ2) is 4.86. The summed E-state index contributed by atoms with van der Waals surface area (Å²) < 4.78 is 0. The maximum absolute atomic E-state index is 10.3. The Morgan fingerprint density at radius 2 is 1.57 bits per heavy atom. The van der Waals surface area contributed by atoms with E-state index in [1.165, 1.54) is 18.2 Å². The molecule has 2 aromatic rings. The van der Waals surface area contributed by atoms with E-state index in [4.69, 9.17) is 0 Å². The van der Waals surface area contributed by atoms with Crippen molar-refractivity contribution in [1.82, 2.24) is 0 Å². The highest BCUT2D eigenvalue weighted by molar-refractivity contribution is 5.49. The fourth-order valence-corrected chi connectivity index (χ4v) is 2.95. The van der Waals surface area contributed by atoms with E-state index in [1.807, 2.05) is 0 Å². The summed E-state index contributed by atoms with van der Waals surface area (Å²) in [6, 6.07) is 7.30. The van der Waals surface area contributed by atoms with Gasteiger partial charge in [0.15, 0.2) is 11.5 Å². The van der Waals surface area contributed by atoms with Gasteiger partial charge in [0.25, 0.3) is 0 Å². The Balaban J connectivity index is 2.00. The zero-order valence-corrected chi connectivity index (χ0v) is 11.2. The van der Waals surface area contributed by atoms with Crippen molar-refractivity contribution >= 4 is 0 Å². The van der Waals surface area contributed by atoms with Gasteiger partial charge in [-0.1, -0.05) is 6.07 Å². The summed E-state index contributed by atoms with van der Waals surface area (Å²) in [4.78, 5) is 0. The van der Waals surface area contributed by atoms with E-state index >= 15 is 0 Å². The summed E-state index contributed by atoms with van der Waals surface area (Å²) in [6.07, 6.45) is -0.00643. The van der Waals surface area contributed by atoms with Crippen molar-refractivity contribution in [2.45, 2.75) is 24.9 Å². The number of aliphatic hydroxyl groups excluding tert-OH is 1.